The molecule has 1 saturated heterocycles. The number of nitrogens with zero attached hydrogens (tertiary/aromatic N) is 3. The summed E-state index contributed by atoms with van der Waals surface area (Å²) in [5, 5.41) is 12.9. The number of aromatic nitrogens is 2. The maximum absolute atomic E-state index is 12.4. The summed E-state index contributed by atoms with van der Waals surface area (Å²) < 4.78 is 0. The molecule has 0 unspecified atom stereocenters. The van der Waals surface area contributed by atoms with Crippen molar-refractivity contribution in [3.05, 3.63) is 10.0 Å². The second kappa shape index (κ2) is 7.38. The van der Waals surface area contributed by atoms with Gasteiger partial charge in [0.2, 0.25) is 11.8 Å². The van der Waals surface area contributed by atoms with Crippen LogP contribution in [0.4, 0.5) is 0 Å². The second-order valence-electron chi connectivity index (χ2n) is 6.48. The van der Waals surface area contributed by atoms with Crippen LogP contribution in [0.1, 0.15) is 48.5 Å². The van der Waals surface area contributed by atoms with Crippen molar-refractivity contribution >= 4 is 23.2 Å². The van der Waals surface area contributed by atoms with E-state index >= 15 is 0 Å². The summed E-state index contributed by atoms with van der Waals surface area (Å²) in [6.07, 6.45) is 6.48. The number of rotatable bonds is 5. The molecular formula is C16H24N4O2S. The Bertz CT molecular complexity index is 568. The minimum absolute atomic E-state index is 0.0653. The molecule has 2 aliphatic rings. The lowest BCUT2D eigenvalue weighted by Gasteiger charge is -2.36. The number of hydrogen-bond acceptors (Lipinski definition) is 5. The zero-order valence-electron chi connectivity index (χ0n) is 13.6. The van der Waals surface area contributed by atoms with Gasteiger partial charge in [0.1, 0.15) is 10.0 Å². The first-order valence-corrected chi connectivity index (χ1v) is 9.31. The summed E-state index contributed by atoms with van der Waals surface area (Å²) in [6, 6.07) is 0.363. The average molecular weight is 336 g/mol. The zero-order chi connectivity index (χ0) is 16.2. The Labute approximate surface area is 140 Å². The molecule has 2 fully saturated rings. The van der Waals surface area contributed by atoms with Crippen LogP contribution in [0.3, 0.4) is 0 Å². The fourth-order valence-corrected chi connectivity index (χ4v) is 4.24. The third-order valence-electron chi connectivity index (χ3n) is 4.79. The smallest absolute Gasteiger partial charge is 0.224 e. The molecule has 6 nitrogen and oxygen atoms in total. The predicted molar refractivity (Wildman–Crippen MR) is 88.1 cm³/mol. The van der Waals surface area contributed by atoms with Gasteiger partial charge in [-0.1, -0.05) is 12.8 Å². The summed E-state index contributed by atoms with van der Waals surface area (Å²) in [6.45, 7) is 3.10. The van der Waals surface area contributed by atoms with Crippen LogP contribution in [0, 0.1) is 12.8 Å². The van der Waals surface area contributed by atoms with E-state index in [1.54, 1.807) is 11.3 Å². The molecule has 7 heteroatoms. The fourth-order valence-electron chi connectivity index (χ4n) is 3.53. The fraction of sp³-hybridized carbons (Fsp3) is 0.750. The summed E-state index contributed by atoms with van der Waals surface area (Å²) >= 11 is 1.57. The molecule has 126 valence electrons. The van der Waals surface area contributed by atoms with Gasteiger partial charge >= 0.3 is 0 Å². The number of likely N-dealkylation sites (tertiary alicyclic amines) is 1. The predicted octanol–water partition coefficient (Wildman–Crippen LogP) is 1.69. The molecule has 3 rings (SSSR count). The van der Waals surface area contributed by atoms with Gasteiger partial charge in [-0.15, -0.1) is 21.5 Å². The first-order chi connectivity index (χ1) is 11.1. The normalized spacial score (nSPS) is 22.6. The number of carbonyl (C=O) groups excluding carboxylic acids is 2. The lowest BCUT2D eigenvalue weighted by Crippen LogP contribution is -2.49. The van der Waals surface area contributed by atoms with Crippen LogP contribution in [0.25, 0.3) is 0 Å². The van der Waals surface area contributed by atoms with E-state index in [2.05, 4.69) is 15.5 Å². The number of aryl methyl sites for hydroxylation is 1. The molecule has 2 amide bonds. The van der Waals surface area contributed by atoms with Crippen LogP contribution in [-0.4, -0.2) is 46.0 Å². The van der Waals surface area contributed by atoms with Crippen molar-refractivity contribution < 1.29 is 9.59 Å². The first-order valence-electron chi connectivity index (χ1n) is 8.49. The molecule has 1 aromatic rings. The third kappa shape index (κ3) is 4.07. The molecule has 0 radical (unpaired) electrons. The molecule has 1 N–H and O–H groups in total. The van der Waals surface area contributed by atoms with E-state index < -0.39 is 0 Å². The highest BCUT2D eigenvalue weighted by molar-refractivity contribution is 7.11. The Morgan fingerprint density at radius 3 is 2.78 bits per heavy atom. The quantitative estimate of drug-likeness (QED) is 0.888. The van der Waals surface area contributed by atoms with Gasteiger partial charge in [0.05, 0.1) is 5.92 Å². The van der Waals surface area contributed by atoms with Gasteiger partial charge in [0.15, 0.2) is 0 Å². The number of piperidine rings is 1. The van der Waals surface area contributed by atoms with Gasteiger partial charge in [-0.05, 0) is 26.2 Å². The minimum atomic E-state index is -0.0653. The number of nitrogens with one attached hydrogen (secondary N) is 1. The van der Waals surface area contributed by atoms with E-state index in [1.165, 1.54) is 12.8 Å². The van der Waals surface area contributed by atoms with Crippen LogP contribution in [-0.2, 0) is 16.0 Å². The highest BCUT2D eigenvalue weighted by Crippen LogP contribution is 2.28. The highest BCUT2D eigenvalue weighted by Gasteiger charge is 2.34. The Kier molecular flexibility index (Phi) is 5.25. The first kappa shape index (κ1) is 16.4. The van der Waals surface area contributed by atoms with E-state index in [0.717, 1.165) is 29.3 Å². The van der Waals surface area contributed by atoms with Gasteiger partial charge in [0.25, 0.3) is 0 Å². The summed E-state index contributed by atoms with van der Waals surface area (Å²) in [5.41, 5.74) is 0. The second-order valence-corrected chi connectivity index (χ2v) is 7.74. The lowest BCUT2D eigenvalue weighted by atomic mass is 9.95. The third-order valence-corrected chi connectivity index (χ3v) is 5.68. The molecule has 1 aliphatic carbocycles. The minimum Gasteiger partial charge on any atom is -0.355 e. The Hall–Kier alpha value is -1.50. The van der Waals surface area contributed by atoms with Crippen molar-refractivity contribution in [2.45, 2.75) is 57.9 Å². The van der Waals surface area contributed by atoms with Crippen molar-refractivity contribution in [3.8, 4) is 0 Å². The zero-order valence-corrected chi connectivity index (χ0v) is 14.4. The van der Waals surface area contributed by atoms with Crippen molar-refractivity contribution in [1.29, 1.82) is 0 Å². The Morgan fingerprint density at radius 2 is 2.09 bits per heavy atom. The van der Waals surface area contributed by atoms with Gasteiger partial charge in [-0.25, -0.2) is 0 Å². The molecule has 2 heterocycles. The van der Waals surface area contributed by atoms with E-state index in [4.69, 9.17) is 0 Å². The van der Waals surface area contributed by atoms with Gasteiger partial charge in [-0.2, -0.15) is 0 Å². The molecule has 23 heavy (non-hydrogen) atoms. The number of hydrogen-bond donors (Lipinski definition) is 1. The van der Waals surface area contributed by atoms with E-state index in [9.17, 15) is 9.59 Å². The SMILES string of the molecule is Cc1nnc(CCNC(=O)[C@H]2CCC(=O)N(C3CCCC3)C2)s1. The maximum atomic E-state index is 12.4. The molecule has 1 saturated carbocycles. The van der Waals surface area contributed by atoms with Crippen molar-refractivity contribution in [2.75, 3.05) is 13.1 Å². The largest absolute Gasteiger partial charge is 0.355 e. The van der Waals surface area contributed by atoms with Crippen LogP contribution >= 0.6 is 11.3 Å². The van der Waals surface area contributed by atoms with Crippen LogP contribution in [0.15, 0.2) is 0 Å². The Morgan fingerprint density at radius 1 is 1.30 bits per heavy atom. The number of carbonyl (C=O) groups is 2. The van der Waals surface area contributed by atoms with Crippen molar-refractivity contribution in [1.82, 2.24) is 20.4 Å². The molecule has 0 aromatic carbocycles. The summed E-state index contributed by atoms with van der Waals surface area (Å²) in [5.74, 6) is 0.233. The molecular weight excluding hydrogens is 312 g/mol. The number of amides is 2. The molecule has 1 aliphatic heterocycles. The van der Waals surface area contributed by atoms with Crippen molar-refractivity contribution in [3.63, 3.8) is 0 Å². The topological polar surface area (TPSA) is 75.2 Å². The maximum Gasteiger partial charge on any atom is 0.224 e. The van der Waals surface area contributed by atoms with E-state index in [1.807, 2.05) is 11.8 Å². The van der Waals surface area contributed by atoms with E-state index in [0.29, 0.717) is 32.0 Å². The summed E-state index contributed by atoms with van der Waals surface area (Å²) in [4.78, 5) is 26.5. The highest BCUT2D eigenvalue weighted by atomic mass is 32.1. The lowest BCUT2D eigenvalue weighted by molar-refractivity contribution is -0.140. The van der Waals surface area contributed by atoms with Gasteiger partial charge in [-0.3, -0.25) is 9.59 Å². The Balaban J connectivity index is 1.47. The van der Waals surface area contributed by atoms with Crippen LogP contribution in [0.5, 0.6) is 0 Å². The van der Waals surface area contributed by atoms with Gasteiger partial charge in [0, 0.05) is 32.0 Å². The standard InChI is InChI=1S/C16H24N4O2S/c1-11-18-19-14(23-11)8-9-17-16(22)12-6-7-15(21)20(10-12)13-4-2-3-5-13/h12-13H,2-10H2,1H3,(H,17,22)/t12-/m0/s1. The van der Waals surface area contributed by atoms with Gasteiger partial charge < -0.3 is 10.2 Å². The van der Waals surface area contributed by atoms with Crippen molar-refractivity contribution in [2.24, 2.45) is 5.92 Å². The van der Waals surface area contributed by atoms with Crippen LogP contribution in [0.2, 0.25) is 0 Å². The molecule has 0 spiro atoms. The molecule has 1 atom stereocenters. The van der Waals surface area contributed by atoms with E-state index in [-0.39, 0.29) is 17.7 Å². The molecule has 1 aromatic heterocycles. The molecule has 0 bridgehead atoms. The summed E-state index contributed by atoms with van der Waals surface area (Å²) in [7, 11) is 0. The monoisotopic (exact) mass is 336 g/mol. The average Bonchev–Trinajstić information content (AvgIpc) is 3.19. The van der Waals surface area contributed by atoms with Crippen LogP contribution < -0.4 is 5.32 Å².